The summed E-state index contributed by atoms with van der Waals surface area (Å²) in [5.74, 6) is 0.323. The average Bonchev–Trinajstić information content (AvgIpc) is 3.47. The Labute approximate surface area is 182 Å². The molecule has 30 heavy (non-hydrogen) atoms. The van der Waals surface area contributed by atoms with Gasteiger partial charge in [0.25, 0.3) is 0 Å². The van der Waals surface area contributed by atoms with Crippen LogP contribution in [-0.2, 0) is 20.2 Å². The van der Waals surface area contributed by atoms with Gasteiger partial charge in [-0.3, -0.25) is 4.79 Å². The Morgan fingerprint density at radius 3 is 2.30 bits per heavy atom. The molecule has 162 valence electrons. The molecular formula is C22H29N3O3S2. The van der Waals surface area contributed by atoms with Crippen molar-refractivity contribution in [3.8, 4) is 0 Å². The molecule has 1 aromatic carbocycles. The predicted molar refractivity (Wildman–Crippen MR) is 119 cm³/mol. The molecule has 1 amide bonds. The molecule has 1 aliphatic carbocycles. The normalized spacial score (nSPS) is 19.0. The van der Waals surface area contributed by atoms with Crippen LogP contribution in [0, 0.1) is 5.92 Å². The molecule has 1 N–H and O–H groups in total. The van der Waals surface area contributed by atoms with Crippen LogP contribution in [0.5, 0.6) is 0 Å². The number of hydrogen-bond donors (Lipinski definition) is 1. The van der Waals surface area contributed by atoms with Crippen LogP contribution >= 0.6 is 11.3 Å². The molecule has 2 heterocycles. The minimum absolute atomic E-state index is 0.0230. The number of benzene rings is 1. The van der Waals surface area contributed by atoms with Gasteiger partial charge in [0.2, 0.25) is 15.9 Å². The summed E-state index contributed by atoms with van der Waals surface area (Å²) in [6.07, 6.45) is 3.41. The van der Waals surface area contributed by atoms with Crippen LogP contribution in [0.25, 0.3) is 0 Å². The molecule has 4 rings (SSSR count). The summed E-state index contributed by atoms with van der Waals surface area (Å²) >= 11 is 1.47. The maximum absolute atomic E-state index is 13.0. The second-order valence-electron chi connectivity index (χ2n) is 9.29. The third-order valence-corrected chi connectivity index (χ3v) is 8.62. The van der Waals surface area contributed by atoms with Crippen molar-refractivity contribution in [3.63, 3.8) is 0 Å². The van der Waals surface area contributed by atoms with Crippen molar-refractivity contribution in [2.45, 2.75) is 62.7 Å². The smallest absolute Gasteiger partial charge is 0.243 e. The van der Waals surface area contributed by atoms with Crippen LogP contribution in [0.3, 0.4) is 0 Å². The van der Waals surface area contributed by atoms with Crippen molar-refractivity contribution >= 4 is 32.4 Å². The lowest BCUT2D eigenvalue weighted by molar-refractivity contribution is -0.120. The molecule has 0 radical (unpaired) electrons. The first kappa shape index (κ1) is 21.5. The van der Waals surface area contributed by atoms with Gasteiger partial charge in [0.1, 0.15) is 0 Å². The molecule has 8 heteroatoms. The molecule has 2 fully saturated rings. The number of nitrogens with one attached hydrogen (secondary N) is 1. The number of piperidine rings is 1. The fraction of sp³-hybridized carbons (Fsp3) is 0.545. The van der Waals surface area contributed by atoms with E-state index in [0.717, 1.165) is 11.3 Å². The van der Waals surface area contributed by atoms with Crippen LogP contribution in [0.15, 0.2) is 34.5 Å². The van der Waals surface area contributed by atoms with Crippen LogP contribution < -0.4 is 5.32 Å². The van der Waals surface area contributed by atoms with Crippen molar-refractivity contribution in [1.82, 2.24) is 9.29 Å². The standard InChI is InChI=1S/C22H29N3O3S2/c1-22(2,3)17-6-8-18(9-7-17)30(27,28)25-12-10-16(11-13-25)20(26)24-21-23-19(14-29-21)15-4-5-15/h6-9,14-16H,4-5,10-13H2,1-3H3,(H,23,24,26). The Hall–Kier alpha value is -1.77. The summed E-state index contributed by atoms with van der Waals surface area (Å²) in [7, 11) is -3.54. The number of anilines is 1. The molecule has 0 unspecified atom stereocenters. The Morgan fingerprint density at radius 1 is 1.10 bits per heavy atom. The van der Waals surface area contributed by atoms with E-state index in [4.69, 9.17) is 0 Å². The topological polar surface area (TPSA) is 79.4 Å². The molecule has 1 saturated heterocycles. The van der Waals surface area contributed by atoms with Crippen molar-refractivity contribution < 1.29 is 13.2 Å². The van der Waals surface area contributed by atoms with E-state index in [2.05, 4.69) is 31.1 Å². The molecule has 0 bridgehead atoms. The third-order valence-electron chi connectivity index (χ3n) is 5.93. The number of carbonyl (C=O) groups excluding carboxylic acids is 1. The van der Waals surface area contributed by atoms with Gasteiger partial charge in [0, 0.05) is 30.3 Å². The van der Waals surface area contributed by atoms with E-state index < -0.39 is 10.0 Å². The lowest BCUT2D eigenvalue weighted by atomic mass is 9.87. The van der Waals surface area contributed by atoms with Crippen LogP contribution in [0.2, 0.25) is 0 Å². The highest BCUT2D eigenvalue weighted by molar-refractivity contribution is 7.89. The Bertz CT molecular complexity index is 1010. The van der Waals surface area contributed by atoms with E-state index >= 15 is 0 Å². The third kappa shape index (κ3) is 4.60. The van der Waals surface area contributed by atoms with Crippen molar-refractivity contribution in [2.75, 3.05) is 18.4 Å². The summed E-state index contributed by atoms with van der Waals surface area (Å²) in [6, 6.07) is 7.15. The van der Waals surface area contributed by atoms with E-state index in [1.165, 1.54) is 28.5 Å². The monoisotopic (exact) mass is 447 g/mol. The van der Waals surface area contributed by atoms with Gasteiger partial charge in [-0.25, -0.2) is 13.4 Å². The average molecular weight is 448 g/mol. The van der Waals surface area contributed by atoms with E-state index in [1.807, 2.05) is 17.5 Å². The Kier molecular flexibility index (Phi) is 5.76. The van der Waals surface area contributed by atoms with Gasteiger partial charge in [0.15, 0.2) is 5.13 Å². The molecule has 2 aliphatic rings. The second-order valence-corrected chi connectivity index (χ2v) is 12.1. The number of rotatable bonds is 5. The second kappa shape index (κ2) is 8.05. The first-order valence-corrected chi connectivity index (χ1v) is 12.8. The van der Waals surface area contributed by atoms with Gasteiger partial charge in [-0.05, 0) is 48.8 Å². The number of hydrogen-bond acceptors (Lipinski definition) is 5. The van der Waals surface area contributed by atoms with E-state index in [0.29, 0.717) is 41.9 Å². The maximum Gasteiger partial charge on any atom is 0.243 e. The van der Waals surface area contributed by atoms with E-state index in [1.54, 1.807) is 12.1 Å². The van der Waals surface area contributed by atoms with Gasteiger partial charge >= 0.3 is 0 Å². The molecule has 6 nitrogen and oxygen atoms in total. The number of aromatic nitrogens is 1. The maximum atomic E-state index is 13.0. The number of amides is 1. The largest absolute Gasteiger partial charge is 0.302 e. The van der Waals surface area contributed by atoms with E-state index in [9.17, 15) is 13.2 Å². The van der Waals surface area contributed by atoms with Crippen LogP contribution in [-0.4, -0.2) is 36.7 Å². The van der Waals surface area contributed by atoms with Crippen LogP contribution in [0.4, 0.5) is 5.13 Å². The highest BCUT2D eigenvalue weighted by Crippen LogP contribution is 2.41. The summed E-state index contributed by atoms with van der Waals surface area (Å²) in [5, 5.41) is 5.59. The summed E-state index contributed by atoms with van der Waals surface area (Å²) < 4.78 is 27.5. The van der Waals surface area contributed by atoms with Gasteiger partial charge in [-0.2, -0.15) is 4.31 Å². The number of carbonyl (C=O) groups is 1. The van der Waals surface area contributed by atoms with Crippen molar-refractivity contribution in [2.24, 2.45) is 5.92 Å². The molecule has 2 aromatic rings. The summed E-state index contributed by atoms with van der Waals surface area (Å²) in [5.41, 5.74) is 2.16. The summed E-state index contributed by atoms with van der Waals surface area (Å²) in [4.78, 5) is 17.4. The Balaban J connectivity index is 1.35. The first-order chi connectivity index (χ1) is 14.1. The first-order valence-electron chi connectivity index (χ1n) is 10.5. The zero-order chi connectivity index (χ0) is 21.5. The zero-order valence-corrected chi connectivity index (χ0v) is 19.4. The van der Waals surface area contributed by atoms with E-state index in [-0.39, 0.29) is 17.2 Å². The quantitative estimate of drug-likeness (QED) is 0.739. The SMILES string of the molecule is CC(C)(C)c1ccc(S(=O)(=O)N2CCC(C(=O)Nc3nc(C4CC4)cs3)CC2)cc1. The molecule has 1 aromatic heterocycles. The lowest BCUT2D eigenvalue weighted by Gasteiger charge is -2.30. The van der Waals surface area contributed by atoms with Gasteiger partial charge < -0.3 is 5.32 Å². The number of nitrogens with zero attached hydrogens (tertiary/aromatic N) is 2. The van der Waals surface area contributed by atoms with Gasteiger partial charge in [-0.1, -0.05) is 32.9 Å². The number of thiazole rings is 1. The van der Waals surface area contributed by atoms with Gasteiger partial charge in [-0.15, -0.1) is 11.3 Å². The predicted octanol–water partition coefficient (Wildman–Crippen LogP) is 4.36. The molecule has 0 spiro atoms. The Morgan fingerprint density at radius 2 is 1.73 bits per heavy atom. The molecule has 0 atom stereocenters. The summed E-state index contributed by atoms with van der Waals surface area (Å²) in [6.45, 7) is 7.01. The minimum atomic E-state index is -3.54. The highest BCUT2D eigenvalue weighted by Gasteiger charge is 2.33. The highest BCUT2D eigenvalue weighted by atomic mass is 32.2. The molecule has 1 saturated carbocycles. The lowest BCUT2D eigenvalue weighted by Crippen LogP contribution is -2.41. The number of sulfonamides is 1. The van der Waals surface area contributed by atoms with Crippen molar-refractivity contribution in [1.29, 1.82) is 0 Å². The van der Waals surface area contributed by atoms with Crippen molar-refractivity contribution in [3.05, 3.63) is 40.9 Å². The minimum Gasteiger partial charge on any atom is -0.302 e. The van der Waals surface area contributed by atoms with Crippen LogP contribution in [0.1, 0.15) is 63.6 Å². The fourth-order valence-corrected chi connectivity index (χ4v) is 6.02. The van der Waals surface area contributed by atoms with Gasteiger partial charge in [0.05, 0.1) is 10.6 Å². The molecular weight excluding hydrogens is 418 g/mol. The molecule has 1 aliphatic heterocycles. The fourth-order valence-electron chi connectivity index (χ4n) is 3.75. The zero-order valence-electron chi connectivity index (χ0n) is 17.7.